The molecule has 2 N–H and O–H groups in total. The molecule has 3 atom stereocenters. The van der Waals surface area contributed by atoms with Crippen molar-refractivity contribution < 1.29 is 9.50 Å². The third-order valence-corrected chi connectivity index (χ3v) is 6.39. The number of nitrogens with one attached hydrogen (secondary N) is 1. The Kier molecular flexibility index (Phi) is 4.43. The number of phenols is 1. The van der Waals surface area contributed by atoms with Gasteiger partial charge in [-0.2, -0.15) is 0 Å². The van der Waals surface area contributed by atoms with Crippen LogP contribution in [0.3, 0.4) is 0 Å². The zero-order valence-electron chi connectivity index (χ0n) is 17.0. The molecule has 2 bridgehead atoms. The third kappa shape index (κ3) is 3.28. The summed E-state index contributed by atoms with van der Waals surface area (Å²) in [6.45, 7) is 2.28. The van der Waals surface area contributed by atoms with E-state index >= 15 is 0 Å². The first-order chi connectivity index (χ1) is 14.4. The number of fused-ring (bicyclic) bond motifs is 2. The second kappa shape index (κ2) is 7.02. The van der Waals surface area contributed by atoms with Gasteiger partial charge in [-0.3, -0.25) is 0 Å². The lowest BCUT2D eigenvalue weighted by Crippen LogP contribution is -2.53. The van der Waals surface area contributed by atoms with Gasteiger partial charge in [-0.1, -0.05) is 0 Å². The fourth-order valence-corrected chi connectivity index (χ4v) is 4.77. The summed E-state index contributed by atoms with van der Waals surface area (Å²) in [7, 11) is 2.02. The minimum absolute atomic E-state index is 0.120. The van der Waals surface area contributed by atoms with E-state index in [1.165, 1.54) is 35.9 Å². The van der Waals surface area contributed by atoms with Gasteiger partial charge in [0.1, 0.15) is 11.6 Å². The van der Waals surface area contributed by atoms with Gasteiger partial charge in [-0.15, -0.1) is 10.2 Å². The van der Waals surface area contributed by atoms with Gasteiger partial charge < -0.3 is 19.9 Å². The maximum atomic E-state index is 14.6. The van der Waals surface area contributed by atoms with Gasteiger partial charge >= 0.3 is 0 Å². The second-order valence-electron chi connectivity index (χ2n) is 8.58. The van der Waals surface area contributed by atoms with Gasteiger partial charge in [0.15, 0.2) is 11.6 Å². The van der Waals surface area contributed by atoms with Crippen molar-refractivity contribution in [2.75, 3.05) is 11.9 Å². The van der Waals surface area contributed by atoms with Crippen LogP contribution in [-0.2, 0) is 0 Å². The van der Waals surface area contributed by atoms with Crippen LogP contribution >= 0.6 is 0 Å². The highest BCUT2D eigenvalue weighted by atomic mass is 19.1. The molecule has 3 aromatic rings. The molecule has 2 aromatic heterocycles. The SMILES string of the molecule is CN(c1cnc(-c2cc(F)c(-n3ccnc3)cc2O)nn1)[C@@H]1C[C@H]2CC[C@@](C)(C1)N2. The first kappa shape index (κ1) is 18.9. The van der Waals surface area contributed by atoms with Crippen LogP contribution in [0.25, 0.3) is 17.1 Å². The molecule has 9 heteroatoms. The Labute approximate surface area is 173 Å². The predicted molar refractivity (Wildman–Crippen MR) is 110 cm³/mol. The number of phenolic OH excluding ortho intramolecular Hbond substituents is 1. The maximum absolute atomic E-state index is 14.6. The fourth-order valence-electron chi connectivity index (χ4n) is 4.77. The van der Waals surface area contributed by atoms with Crippen molar-refractivity contribution in [2.24, 2.45) is 0 Å². The molecule has 0 amide bonds. The van der Waals surface area contributed by atoms with Crippen LogP contribution < -0.4 is 10.2 Å². The Hall–Kier alpha value is -3.07. The van der Waals surface area contributed by atoms with E-state index in [0.29, 0.717) is 17.9 Å². The molecule has 0 unspecified atom stereocenters. The van der Waals surface area contributed by atoms with Crippen LogP contribution in [0.15, 0.2) is 37.1 Å². The molecule has 2 aliphatic rings. The number of aromatic nitrogens is 5. The Balaban J connectivity index is 1.38. The highest BCUT2D eigenvalue weighted by Crippen LogP contribution is 2.38. The van der Waals surface area contributed by atoms with E-state index in [-0.39, 0.29) is 28.4 Å². The van der Waals surface area contributed by atoms with E-state index in [0.717, 1.165) is 12.8 Å². The number of anilines is 1. The topological polar surface area (TPSA) is 92.0 Å². The Bertz CT molecular complexity index is 1060. The molecule has 0 radical (unpaired) electrons. The smallest absolute Gasteiger partial charge is 0.185 e. The van der Waals surface area contributed by atoms with E-state index < -0.39 is 5.82 Å². The fraction of sp³-hybridized carbons (Fsp3) is 0.429. The number of benzene rings is 1. The zero-order chi connectivity index (χ0) is 20.9. The molecule has 5 rings (SSSR count). The number of hydrogen-bond acceptors (Lipinski definition) is 7. The Morgan fingerprint density at radius 1 is 1.33 bits per heavy atom. The van der Waals surface area contributed by atoms with Gasteiger partial charge in [0.2, 0.25) is 0 Å². The molecule has 4 heterocycles. The lowest BCUT2D eigenvalue weighted by molar-refractivity contribution is 0.266. The zero-order valence-corrected chi connectivity index (χ0v) is 17.0. The van der Waals surface area contributed by atoms with Crippen molar-refractivity contribution in [3.8, 4) is 22.8 Å². The highest BCUT2D eigenvalue weighted by Gasteiger charge is 2.43. The summed E-state index contributed by atoms with van der Waals surface area (Å²) in [4.78, 5) is 10.4. The molecule has 0 aliphatic carbocycles. The summed E-state index contributed by atoms with van der Waals surface area (Å²) in [6, 6.07) is 3.47. The lowest BCUT2D eigenvalue weighted by Gasteiger charge is -2.40. The number of hydrogen-bond donors (Lipinski definition) is 2. The number of nitrogens with zero attached hydrogens (tertiary/aromatic N) is 6. The summed E-state index contributed by atoms with van der Waals surface area (Å²) in [5, 5.41) is 22.6. The number of halogens is 1. The number of aromatic hydroxyl groups is 1. The van der Waals surface area contributed by atoms with Crippen molar-refractivity contribution in [1.82, 2.24) is 30.0 Å². The van der Waals surface area contributed by atoms with E-state index in [1.54, 1.807) is 18.6 Å². The van der Waals surface area contributed by atoms with Gasteiger partial charge in [-0.25, -0.2) is 14.4 Å². The van der Waals surface area contributed by atoms with Gasteiger partial charge in [0.25, 0.3) is 0 Å². The minimum atomic E-state index is -0.510. The standard InChI is InChI=1S/C21H24FN7O/c1-21-4-3-13(25-21)7-14(10-21)28(2)19-11-24-20(27-26-19)15-8-16(22)17(9-18(15)30)29-6-5-23-12-29/h5-6,8-9,11-14,25,30H,3-4,7,10H2,1-2H3/t13-,14-,21+/m1/s1. The summed E-state index contributed by atoms with van der Waals surface area (Å²) in [5.74, 6) is 0.219. The number of imidazole rings is 1. The van der Waals surface area contributed by atoms with Crippen LogP contribution in [0.5, 0.6) is 5.75 Å². The molecule has 8 nitrogen and oxygen atoms in total. The van der Waals surface area contributed by atoms with E-state index in [1.807, 2.05) is 7.05 Å². The summed E-state index contributed by atoms with van der Waals surface area (Å²) < 4.78 is 16.1. The number of rotatable bonds is 4. The molecule has 30 heavy (non-hydrogen) atoms. The van der Waals surface area contributed by atoms with Crippen molar-refractivity contribution >= 4 is 5.82 Å². The molecular formula is C21H24FN7O. The van der Waals surface area contributed by atoms with E-state index in [9.17, 15) is 9.50 Å². The predicted octanol–water partition coefficient (Wildman–Crippen LogP) is 2.68. The normalized spacial score (nSPS) is 25.4. The molecular weight excluding hydrogens is 385 g/mol. The quantitative estimate of drug-likeness (QED) is 0.684. The molecule has 0 spiro atoms. The lowest BCUT2D eigenvalue weighted by atomic mass is 9.88. The number of piperidine rings is 1. The average molecular weight is 409 g/mol. The van der Waals surface area contributed by atoms with Crippen LogP contribution in [0.4, 0.5) is 10.2 Å². The van der Waals surface area contributed by atoms with E-state index in [2.05, 4.69) is 37.3 Å². The van der Waals surface area contributed by atoms with Crippen molar-refractivity contribution in [2.45, 2.75) is 50.2 Å². The molecule has 2 aliphatic heterocycles. The third-order valence-electron chi connectivity index (χ3n) is 6.39. The summed E-state index contributed by atoms with van der Waals surface area (Å²) >= 11 is 0. The van der Waals surface area contributed by atoms with Crippen LogP contribution in [0.2, 0.25) is 0 Å². The van der Waals surface area contributed by atoms with Crippen molar-refractivity contribution in [3.63, 3.8) is 0 Å². The Morgan fingerprint density at radius 3 is 2.90 bits per heavy atom. The first-order valence-electron chi connectivity index (χ1n) is 10.1. The van der Waals surface area contributed by atoms with Crippen LogP contribution in [-0.4, -0.2) is 54.5 Å². The first-order valence-corrected chi connectivity index (χ1v) is 10.1. The van der Waals surface area contributed by atoms with Gasteiger partial charge in [0.05, 0.1) is 23.8 Å². The monoisotopic (exact) mass is 409 g/mol. The second-order valence-corrected chi connectivity index (χ2v) is 8.58. The molecule has 0 saturated carbocycles. The van der Waals surface area contributed by atoms with Crippen molar-refractivity contribution in [3.05, 3.63) is 42.9 Å². The minimum Gasteiger partial charge on any atom is -0.507 e. The molecule has 2 fully saturated rings. The van der Waals surface area contributed by atoms with Gasteiger partial charge in [-0.05, 0) is 38.7 Å². The van der Waals surface area contributed by atoms with Crippen LogP contribution in [0.1, 0.15) is 32.6 Å². The van der Waals surface area contributed by atoms with Crippen molar-refractivity contribution in [1.29, 1.82) is 0 Å². The average Bonchev–Trinajstić information content (AvgIpc) is 3.36. The van der Waals surface area contributed by atoms with E-state index in [4.69, 9.17) is 0 Å². The van der Waals surface area contributed by atoms with Crippen LogP contribution in [0, 0.1) is 5.82 Å². The molecule has 156 valence electrons. The molecule has 1 aromatic carbocycles. The summed E-state index contributed by atoms with van der Waals surface area (Å²) in [6.07, 6.45) is 10.8. The summed E-state index contributed by atoms with van der Waals surface area (Å²) in [5.41, 5.74) is 0.584. The Morgan fingerprint density at radius 2 is 2.20 bits per heavy atom. The largest absolute Gasteiger partial charge is 0.507 e. The molecule has 2 saturated heterocycles. The maximum Gasteiger partial charge on any atom is 0.185 e. The highest BCUT2D eigenvalue weighted by molar-refractivity contribution is 5.66. The van der Waals surface area contributed by atoms with Gasteiger partial charge in [0, 0.05) is 43.1 Å².